The van der Waals surface area contributed by atoms with Crippen LogP contribution in [0.2, 0.25) is 0 Å². The van der Waals surface area contributed by atoms with Gasteiger partial charge in [-0.05, 0) is 31.0 Å². The summed E-state index contributed by atoms with van der Waals surface area (Å²) in [5, 5.41) is 9.42. The summed E-state index contributed by atoms with van der Waals surface area (Å²) >= 11 is 0. The monoisotopic (exact) mass is 378 g/mol. The fourth-order valence-corrected chi connectivity index (χ4v) is 2.12. The molecule has 3 N–H and O–H groups in total. The Balaban J connectivity index is 2.41. The third kappa shape index (κ3) is 10.6. The van der Waals surface area contributed by atoms with E-state index in [0.717, 1.165) is 36.7 Å². The molecular formula is C20H34N4O3. The van der Waals surface area contributed by atoms with Gasteiger partial charge in [-0.3, -0.25) is 4.79 Å². The first-order chi connectivity index (χ1) is 13.1. The average molecular weight is 379 g/mol. The van der Waals surface area contributed by atoms with Gasteiger partial charge in [0.1, 0.15) is 0 Å². The highest BCUT2D eigenvalue weighted by Crippen LogP contribution is 2.11. The van der Waals surface area contributed by atoms with E-state index >= 15 is 0 Å². The summed E-state index contributed by atoms with van der Waals surface area (Å²) < 4.78 is 10.4. The van der Waals surface area contributed by atoms with Crippen molar-refractivity contribution in [2.24, 2.45) is 10.9 Å². The fourth-order valence-electron chi connectivity index (χ4n) is 2.12. The van der Waals surface area contributed by atoms with Crippen LogP contribution >= 0.6 is 0 Å². The normalized spacial score (nSPS) is 11.5. The molecule has 0 fully saturated rings. The molecule has 0 bridgehead atoms. The molecule has 7 heteroatoms. The lowest BCUT2D eigenvalue weighted by atomic mass is 10.2. The fraction of sp³-hybridized carbons (Fsp3) is 0.600. The van der Waals surface area contributed by atoms with Crippen LogP contribution in [0.5, 0.6) is 0 Å². The van der Waals surface area contributed by atoms with Crippen molar-refractivity contribution < 1.29 is 14.3 Å². The molecule has 0 aliphatic heterocycles. The largest absolute Gasteiger partial charge is 0.382 e. The van der Waals surface area contributed by atoms with Gasteiger partial charge >= 0.3 is 0 Å². The number of anilines is 1. The topological polar surface area (TPSA) is 84.0 Å². The maximum Gasteiger partial charge on any atom is 0.226 e. The van der Waals surface area contributed by atoms with Gasteiger partial charge in [0.25, 0.3) is 0 Å². The highest BCUT2D eigenvalue weighted by atomic mass is 16.5. The molecule has 0 radical (unpaired) electrons. The molecule has 0 aliphatic rings. The molecule has 0 saturated heterocycles. The van der Waals surface area contributed by atoms with Gasteiger partial charge in [0.15, 0.2) is 5.96 Å². The molecule has 1 aromatic rings. The number of nitrogens with one attached hydrogen (secondary N) is 3. The van der Waals surface area contributed by atoms with E-state index in [-0.39, 0.29) is 11.8 Å². The number of nitrogens with zero attached hydrogens (tertiary/aromatic N) is 1. The van der Waals surface area contributed by atoms with E-state index in [9.17, 15) is 4.79 Å². The van der Waals surface area contributed by atoms with Gasteiger partial charge in [0.05, 0.1) is 19.8 Å². The second-order valence-corrected chi connectivity index (χ2v) is 6.42. The predicted octanol–water partition coefficient (Wildman–Crippen LogP) is 2.39. The number of amides is 1. The first-order valence-corrected chi connectivity index (χ1v) is 9.55. The van der Waals surface area contributed by atoms with Crippen LogP contribution in [-0.4, -0.2) is 51.9 Å². The van der Waals surface area contributed by atoms with Crippen molar-refractivity contribution in [3.05, 3.63) is 29.8 Å². The van der Waals surface area contributed by atoms with Crippen LogP contribution in [0.1, 0.15) is 32.8 Å². The molecule has 7 nitrogen and oxygen atoms in total. The molecular weight excluding hydrogens is 344 g/mol. The molecule has 0 aliphatic carbocycles. The minimum absolute atomic E-state index is 0.0191. The third-order valence-electron chi connectivity index (χ3n) is 3.70. The minimum atomic E-state index is -0.0339. The smallest absolute Gasteiger partial charge is 0.226 e. The summed E-state index contributed by atoms with van der Waals surface area (Å²) in [5.41, 5.74) is 1.89. The van der Waals surface area contributed by atoms with Gasteiger partial charge in [-0.15, -0.1) is 0 Å². The molecule has 27 heavy (non-hydrogen) atoms. The van der Waals surface area contributed by atoms with Crippen molar-refractivity contribution in [2.45, 2.75) is 33.7 Å². The zero-order chi connectivity index (χ0) is 19.9. The second kappa shape index (κ2) is 14.0. The molecule has 1 rings (SSSR count). The number of methoxy groups -OCH3 is 1. The number of carbonyl (C=O) groups excluding carboxylic acids is 1. The van der Waals surface area contributed by atoms with Crippen molar-refractivity contribution in [3.63, 3.8) is 0 Å². The van der Waals surface area contributed by atoms with E-state index in [4.69, 9.17) is 9.47 Å². The van der Waals surface area contributed by atoms with Crippen molar-refractivity contribution in [2.75, 3.05) is 45.3 Å². The predicted molar refractivity (Wildman–Crippen MR) is 110 cm³/mol. The first kappa shape index (κ1) is 22.9. The van der Waals surface area contributed by atoms with Crippen LogP contribution in [0.4, 0.5) is 5.69 Å². The van der Waals surface area contributed by atoms with Gasteiger partial charge in [-0.25, -0.2) is 4.99 Å². The number of ether oxygens (including phenoxy) is 2. The van der Waals surface area contributed by atoms with Crippen LogP contribution < -0.4 is 16.0 Å². The summed E-state index contributed by atoms with van der Waals surface area (Å²) in [6.45, 7) is 9.89. The SMILES string of the molecule is CCNC(=NCc1ccc(NC(=O)C(C)C)cc1)NCCCOCCOC. The van der Waals surface area contributed by atoms with Gasteiger partial charge in [0, 0.05) is 38.4 Å². The van der Waals surface area contributed by atoms with Crippen LogP contribution in [0.3, 0.4) is 0 Å². The average Bonchev–Trinajstić information content (AvgIpc) is 2.66. The molecule has 0 unspecified atom stereocenters. The van der Waals surface area contributed by atoms with E-state index in [1.165, 1.54) is 0 Å². The molecule has 1 amide bonds. The molecule has 0 aromatic heterocycles. The van der Waals surface area contributed by atoms with E-state index < -0.39 is 0 Å². The van der Waals surface area contributed by atoms with Gasteiger partial charge in [-0.1, -0.05) is 26.0 Å². The van der Waals surface area contributed by atoms with Crippen molar-refractivity contribution >= 4 is 17.6 Å². The lowest BCUT2D eigenvalue weighted by Gasteiger charge is -2.12. The standard InChI is InChI=1S/C20H34N4O3/c1-5-21-20(22-11-6-12-27-14-13-26-4)23-15-17-7-9-18(10-8-17)24-19(25)16(2)3/h7-10,16H,5-6,11-15H2,1-4H3,(H,24,25)(H2,21,22,23). The zero-order valence-corrected chi connectivity index (χ0v) is 17.0. The van der Waals surface area contributed by atoms with Crippen molar-refractivity contribution in [3.8, 4) is 0 Å². The maximum atomic E-state index is 11.7. The van der Waals surface area contributed by atoms with Crippen LogP contribution in [0, 0.1) is 5.92 Å². The summed E-state index contributed by atoms with van der Waals surface area (Å²) in [5.74, 6) is 0.769. The molecule has 1 aromatic carbocycles. The molecule has 0 heterocycles. The molecule has 0 spiro atoms. The second-order valence-electron chi connectivity index (χ2n) is 6.42. The summed E-state index contributed by atoms with van der Waals surface area (Å²) in [6.07, 6.45) is 0.901. The Labute approximate surface area is 162 Å². The first-order valence-electron chi connectivity index (χ1n) is 9.55. The van der Waals surface area contributed by atoms with Crippen LogP contribution in [0.15, 0.2) is 29.3 Å². The molecule has 0 atom stereocenters. The number of hydrogen-bond donors (Lipinski definition) is 3. The number of carbonyl (C=O) groups is 1. The molecule has 0 saturated carbocycles. The van der Waals surface area contributed by atoms with E-state index in [1.54, 1.807) is 7.11 Å². The van der Waals surface area contributed by atoms with Crippen LogP contribution in [-0.2, 0) is 20.8 Å². The Hall–Kier alpha value is -2.12. The number of rotatable bonds is 12. The highest BCUT2D eigenvalue weighted by molar-refractivity contribution is 5.92. The van der Waals surface area contributed by atoms with Gasteiger partial charge in [-0.2, -0.15) is 0 Å². The highest BCUT2D eigenvalue weighted by Gasteiger charge is 2.06. The lowest BCUT2D eigenvalue weighted by Crippen LogP contribution is -2.38. The third-order valence-corrected chi connectivity index (χ3v) is 3.70. The Kier molecular flexibility index (Phi) is 11.9. The maximum absolute atomic E-state index is 11.7. The Bertz CT molecular complexity index is 559. The zero-order valence-electron chi connectivity index (χ0n) is 17.0. The van der Waals surface area contributed by atoms with Crippen molar-refractivity contribution in [1.82, 2.24) is 10.6 Å². The number of aliphatic imine (C=N–C) groups is 1. The van der Waals surface area contributed by atoms with Crippen LogP contribution in [0.25, 0.3) is 0 Å². The minimum Gasteiger partial charge on any atom is -0.382 e. The lowest BCUT2D eigenvalue weighted by molar-refractivity contribution is -0.118. The summed E-state index contributed by atoms with van der Waals surface area (Å²) in [4.78, 5) is 16.3. The Morgan fingerprint density at radius 2 is 1.85 bits per heavy atom. The quantitative estimate of drug-likeness (QED) is 0.295. The number of benzene rings is 1. The number of hydrogen-bond acceptors (Lipinski definition) is 4. The van der Waals surface area contributed by atoms with E-state index in [2.05, 4.69) is 20.9 Å². The summed E-state index contributed by atoms with van der Waals surface area (Å²) in [6, 6.07) is 7.77. The van der Waals surface area contributed by atoms with Crippen molar-refractivity contribution in [1.29, 1.82) is 0 Å². The molecule has 152 valence electrons. The van der Waals surface area contributed by atoms with Gasteiger partial charge < -0.3 is 25.4 Å². The van der Waals surface area contributed by atoms with E-state index in [1.807, 2.05) is 45.0 Å². The Morgan fingerprint density at radius 1 is 1.11 bits per heavy atom. The number of guanidine groups is 1. The van der Waals surface area contributed by atoms with E-state index in [0.29, 0.717) is 26.4 Å². The van der Waals surface area contributed by atoms with Gasteiger partial charge in [0.2, 0.25) is 5.91 Å². The Morgan fingerprint density at radius 3 is 2.48 bits per heavy atom. The summed E-state index contributed by atoms with van der Waals surface area (Å²) in [7, 11) is 1.67.